The van der Waals surface area contributed by atoms with E-state index in [1.807, 2.05) is 0 Å². The Morgan fingerprint density at radius 1 is 1.35 bits per heavy atom. The van der Waals surface area contributed by atoms with Crippen LogP contribution < -0.4 is 4.74 Å². The van der Waals surface area contributed by atoms with Crippen LogP contribution in [0.25, 0.3) is 11.3 Å². The molecule has 0 atom stereocenters. The Morgan fingerprint density at radius 2 is 2.05 bits per heavy atom. The predicted molar refractivity (Wildman–Crippen MR) is 70.6 cm³/mol. The van der Waals surface area contributed by atoms with Crippen molar-refractivity contribution >= 4 is 15.8 Å². The second-order valence-electron chi connectivity index (χ2n) is 4.11. The number of aromatic nitrogens is 2. The highest BCUT2D eigenvalue weighted by molar-refractivity contribution is 7.90. The smallest absolute Gasteiger partial charge is 0.353 e. The van der Waals surface area contributed by atoms with E-state index in [0.717, 1.165) is 6.26 Å². The van der Waals surface area contributed by atoms with E-state index in [2.05, 4.69) is 10.2 Å². The van der Waals surface area contributed by atoms with E-state index in [-0.39, 0.29) is 10.6 Å². The van der Waals surface area contributed by atoms with Gasteiger partial charge in [0, 0.05) is 11.8 Å². The number of hydrogen-bond acceptors (Lipinski definition) is 5. The Bertz CT molecular complexity index is 764. The molecular weight excluding hydrogens is 284 g/mol. The maximum absolute atomic E-state index is 11.6. The molecule has 0 amide bonds. The molecule has 1 aromatic heterocycles. The monoisotopic (exact) mass is 296 g/mol. The first-order valence-electron chi connectivity index (χ1n) is 5.50. The van der Waals surface area contributed by atoms with Crippen LogP contribution in [-0.4, -0.2) is 43.1 Å². The van der Waals surface area contributed by atoms with Crippen molar-refractivity contribution < 1.29 is 23.1 Å². The number of aromatic carboxylic acids is 1. The third-order valence-corrected chi connectivity index (χ3v) is 3.79. The lowest BCUT2D eigenvalue weighted by atomic mass is 10.1. The summed E-state index contributed by atoms with van der Waals surface area (Å²) >= 11 is 0. The Morgan fingerprint density at radius 3 is 2.55 bits per heavy atom. The molecule has 2 rings (SSSR count). The summed E-state index contributed by atoms with van der Waals surface area (Å²) in [4.78, 5) is 10.9. The lowest BCUT2D eigenvalue weighted by molar-refractivity contribution is 0.0690. The summed E-state index contributed by atoms with van der Waals surface area (Å²) in [5.41, 5.74) is 0.607. The average Bonchev–Trinajstić information content (AvgIpc) is 2.86. The summed E-state index contributed by atoms with van der Waals surface area (Å²) in [7, 11) is -1.94. The standard InChI is InChI=1S/C12H12N2O5S/c1-19-11-4-3-7(20(2,17)18)5-8(11)9-6-10(12(15)16)14-13-9/h3-6H,1-2H3,(H,13,14)(H,15,16). The molecule has 1 heterocycles. The molecule has 0 saturated carbocycles. The number of benzene rings is 1. The second kappa shape index (κ2) is 4.97. The van der Waals surface area contributed by atoms with Crippen LogP contribution >= 0.6 is 0 Å². The van der Waals surface area contributed by atoms with Gasteiger partial charge in [0.2, 0.25) is 0 Å². The van der Waals surface area contributed by atoms with Gasteiger partial charge in [0.15, 0.2) is 9.84 Å². The number of aromatic amines is 1. The fraction of sp³-hybridized carbons (Fsp3) is 0.167. The van der Waals surface area contributed by atoms with Gasteiger partial charge in [-0.05, 0) is 24.3 Å². The number of ether oxygens (including phenoxy) is 1. The van der Waals surface area contributed by atoms with Gasteiger partial charge in [0.25, 0.3) is 0 Å². The minimum Gasteiger partial charge on any atom is -0.496 e. The van der Waals surface area contributed by atoms with E-state index in [1.54, 1.807) is 0 Å². The predicted octanol–water partition coefficient (Wildman–Crippen LogP) is 1.19. The first-order valence-corrected chi connectivity index (χ1v) is 7.39. The summed E-state index contributed by atoms with van der Waals surface area (Å²) in [5, 5.41) is 15.1. The van der Waals surface area contributed by atoms with Gasteiger partial charge in [0.05, 0.1) is 17.7 Å². The zero-order valence-electron chi connectivity index (χ0n) is 10.7. The maximum atomic E-state index is 11.6. The van der Waals surface area contributed by atoms with Crippen molar-refractivity contribution in [1.82, 2.24) is 10.2 Å². The van der Waals surface area contributed by atoms with Crippen molar-refractivity contribution in [1.29, 1.82) is 0 Å². The largest absolute Gasteiger partial charge is 0.496 e. The number of hydrogen-bond donors (Lipinski definition) is 2. The number of carbonyl (C=O) groups is 1. The zero-order valence-corrected chi connectivity index (χ0v) is 11.6. The number of rotatable bonds is 4. The van der Waals surface area contributed by atoms with Gasteiger partial charge in [-0.25, -0.2) is 13.2 Å². The van der Waals surface area contributed by atoms with E-state index in [0.29, 0.717) is 17.0 Å². The molecule has 0 radical (unpaired) electrons. The van der Waals surface area contributed by atoms with Gasteiger partial charge in [-0.2, -0.15) is 5.10 Å². The summed E-state index contributed by atoms with van der Waals surface area (Å²) in [5.74, 6) is -0.747. The number of methoxy groups -OCH3 is 1. The van der Waals surface area contributed by atoms with Crippen LogP contribution in [0, 0.1) is 0 Å². The first kappa shape index (κ1) is 14.1. The van der Waals surface area contributed by atoms with Gasteiger partial charge in [-0.3, -0.25) is 5.10 Å². The van der Waals surface area contributed by atoms with Crippen molar-refractivity contribution in [2.75, 3.05) is 13.4 Å². The lowest BCUT2D eigenvalue weighted by Crippen LogP contribution is -1.98. The van der Waals surface area contributed by atoms with Crippen LogP contribution in [0.1, 0.15) is 10.5 Å². The molecule has 0 fully saturated rings. The molecule has 8 heteroatoms. The summed E-state index contributed by atoms with van der Waals surface area (Å²) < 4.78 is 28.3. The Labute approximate surface area is 115 Å². The van der Waals surface area contributed by atoms with Crippen LogP contribution in [0.15, 0.2) is 29.2 Å². The summed E-state index contributed by atoms with van der Waals surface area (Å²) in [6.07, 6.45) is 1.09. The highest BCUT2D eigenvalue weighted by Crippen LogP contribution is 2.31. The summed E-state index contributed by atoms with van der Waals surface area (Å²) in [6.45, 7) is 0. The Kier molecular flexibility index (Phi) is 3.49. The Hall–Kier alpha value is -2.35. The van der Waals surface area contributed by atoms with Crippen LogP contribution in [0.4, 0.5) is 0 Å². The fourth-order valence-electron chi connectivity index (χ4n) is 1.69. The minimum atomic E-state index is -3.38. The quantitative estimate of drug-likeness (QED) is 0.877. The van der Waals surface area contributed by atoms with Crippen LogP contribution in [0.3, 0.4) is 0 Å². The SMILES string of the molecule is COc1ccc(S(C)(=O)=O)cc1-c1cc(C(=O)O)[nH]n1. The highest BCUT2D eigenvalue weighted by Gasteiger charge is 2.16. The molecule has 1 aromatic carbocycles. The van der Waals surface area contributed by atoms with Gasteiger partial charge in [-0.1, -0.05) is 0 Å². The molecule has 0 spiro atoms. The third-order valence-electron chi connectivity index (χ3n) is 2.68. The molecule has 0 aliphatic heterocycles. The molecule has 0 aliphatic rings. The molecule has 0 saturated heterocycles. The zero-order chi connectivity index (χ0) is 14.9. The molecule has 20 heavy (non-hydrogen) atoms. The molecule has 2 aromatic rings. The van der Waals surface area contributed by atoms with Gasteiger partial charge in [-0.15, -0.1) is 0 Å². The number of carboxylic acids is 1. The van der Waals surface area contributed by atoms with Crippen molar-refractivity contribution in [3.63, 3.8) is 0 Å². The van der Waals surface area contributed by atoms with Crippen molar-refractivity contribution in [3.8, 4) is 17.0 Å². The second-order valence-corrected chi connectivity index (χ2v) is 6.12. The third kappa shape index (κ3) is 2.64. The van der Waals surface area contributed by atoms with E-state index < -0.39 is 15.8 Å². The van der Waals surface area contributed by atoms with Crippen molar-refractivity contribution in [2.45, 2.75) is 4.90 Å². The van der Waals surface area contributed by atoms with E-state index >= 15 is 0 Å². The molecule has 0 bridgehead atoms. The molecule has 0 unspecified atom stereocenters. The number of nitrogens with one attached hydrogen (secondary N) is 1. The van der Waals surface area contributed by atoms with Crippen LogP contribution in [-0.2, 0) is 9.84 Å². The van der Waals surface area contributed by atoms with E-state index in [9.17, 15) is 13.2 Å². The normalized spacial score (nSPS) is 11.3. The summed E-state index contributed by atoms with van der Waals surface area (Å²) in [6, 6.07) is 5.63. The lowest BCUT2D eigenvalue weighted by Gasteiger charge is -2.08. The molecule has 0 aliphatic carbocycles. The molecule has 7 nitrogen and oxygen atoms in total. The minimum absolute atomic E-state index is 0.0909. The fourth-order valence-corrected chi connectivity index (χ4v) is 2.33. The number of H-pyrrole nitrogens is 1. The van der Waals surface area contributed by atoms with E-state index in [4.69, 9.17) is 9.84 Å². The van der Waals surface area contributed by atoms with Gasteiger partial charge in [0.1, 0.15) is 11.4 Å². The van der Waals surface area contributed by atoms with Gasteiger partial charge < -0.3 is 9.84 Å². The highest BCUT2D eigenvalue weighted by atomic mass is 32.2. The molecule has 2 N–H and O–H groups in total. The average molecular weight is 296 g/mol. The van der Waals surface area contributed by atoms with Gasteiger partial charge >= 0.3 is 5.97 Å². The van der Waals surface area contributed by atoms with E-state index in [1.165, 1.54) is 31.4 Å². The van der Waals surface area contributed by atoms with Crippen molar-refractivity contribution in [3.05, 3.63) is 30.0 Å². The number of nitrogens with zero attached hydrogens (tertiary/aromatic N) is 1. The topological polar surface area (TPSA) is 109 Å². The Balaban J connectivity index is 2.61. The number of carboxylic acid groups (broad SMARTS) is 1. The van der Waals surface area contributed by atoms with Crippen LogP contribution in [0.5, 0.6) is 5.75 Å². The molecular formula is C12H12N2O5S. The van der Waals surface area contributed by atoms with Crippen molar-refractivity contribution in [2.24, 2.45) is 0 Å². The number of sulfone groups is 1. The maximum Gasteiger partial charge on any atom is 0.353 e. The van der Waals surface area contributed by atoms with Crippen LogP contribution in [0.2, 0.25) is 0 Å². The first-order chi connectivity index (χ1) is 9.32. The molecule has 106 valence electrons.